The zero-order chi connectivity index (χ0) is 26.0. The first-order chi connectivity index (χ1) is 16.7. The van der Waals surface area contributed by atoms with Gasteiger partial charge < -0.3 is 24.4 Å². The minimum Gasteiger partial charge on any atom is -0.465 e. The van der Waals surface area contributed by atoms with Gasteiger partial charge in [-0.05, 0) is 46.0 Å². The quantitative estimate of drug-likeness (QED) is 0.242. The summed E-state index contributed by atoms with van der Waals surface area (Å²) in [4.78, 5) is 44.8. The van der Waals surface area contributed by atoms with Gasteiger partial charge in [-0.2, -0.15) is 0 Å². The monoisotopic (exact) mass is 490 g/mol. The van der Waals surface area contributed by atoms with E-state index in [1.807, 2.05) is 20.8 Å². The van der Waals surface area contributed by atoms with Crippen LogP contribution >= 0.6 is 0 Å². The molecule has 3 unspecified atom stereocenters. The van der Waals surface area contributed by atoms with Gasteiger partial charge in [0.2, 0.25) is 11.8 Å². The molecule has 3 fully saturated rings. The maximum atomic E-state index is 14.3. The van der Waals surface area contributed by atoms with Gasteiger partial charge in [-0.25, -0.2) is 0 Å². The molecule has 8 nitrogen and oxygen atoms in total. The van der Waals surface area contributed by atoms with E-state index < -0.39 is 41.1 Å². The van der Waals surface area contributed by atoms with Crippen molar-refractivity contribution in [2.75, 3.05) is 19.8 Å². The van der Waals surface area contributed by atoms with Crippen molar-refractivity contribution in [3.05, 3.63) is 25.3 Å². The van der Waals surface area contributed by atoms with Crippen LogP contribution in [0.3, 0.4) is 0 Å². The van der Waals surface area contributed by atoms with Crippen molar-refractivity contribution in [1.82, 2.24) is 9.80 Å². The molecule has 3 saturated heterocycles. The molecule has 1 N–H and O–H groups in total. The fraction of sp³-hybridized carbons (Fsp3) is 0.741. The fourth-order valence-corrected chi connectivity index (χ4v) is 6.50. The molecule has 0 aromatic heterocycles. The molecule has 0 radical (unpaired) electrons. The van der Waals surface area contributed by atoms with Gasteiger partial charge in [-0.15, -0.1) is 13.2 Å². The van der Waals surface area contributed by atoms with Crippen LogP contribution in [0.4, 0.5) is 0 Å². The molecule has 3 aliphatic rings. The second-order valence-electron chi connectivity index (χ2n) is 10.4. The Bertz CT molecular complexity index is 842. The van der Waals surface area contributed by atoms with Crippen molar-refractivity contribution in [2.45, 2.75) is 95.5 Å². The molecule has 0 aromatic rings. The Morgan fingerprint density at radius 1 is 1.31 bits per heavy atom. The number of likely N-dealkylation sites (tertiary alicyclic amines) is 1. The first-order valence-corrected chi connectivity index (χ1v) is 13.0. The lowest BCUT2D eigenvalue weighted by Crippen LogP contribution is -2.60. The molecule has 196 valence electrons. The number of carbonyl (C=O) groups is 3. The second-order valence-corrected chi connectivity index (χ2v) is 10.4. The molecule has 0 aromatic carbocycles. The number of aliphatic hydroxyl groups is 1. The zero-order valence-corrected chi connectivity index (χ0v) is 21.7. The Morgan fingerprint density at radius 3 is 2.60 bits per heavy atom. The van der Waals surface area contributed by atoms with Gasteiger partial charge in [0.05, 0.1) is 30.8 Å². The second kappa shape index (κ2) is 10.8. The van der Waals surface area contributed by atoms with Gasteiger partial charge in [0.1, 0.15) is 17.6 Å². The van der Waals surface area contributed by atoms with Crippen molar-refractivity contribution >= 4 is 17.8 Å². The summed E-state index contributed by atoms with van der Waals surface area (Å²) >= 11 is 0. The Hall–Kier alpha value is -2.19. The van der Waals surface area contributed by atoms with Crippen LogP contribution < -0.4 is 0 Å². The van der Waals surface area contributed by atoms with E-state index in [0.29, 0.717) is 32.2 Å². The van der Waals surface area contributed by atoms with Crippen molar-refractivity contribution in [2.24, 2.45) is 11.8 Å². The van der Waals surface area contributed by atoms with Crippen molar-refractivity contribution in [1.29, 1.82) is 0 Å². The number of esters is 1. The van der Waals surface area contributed by atoms with E-state index >= 15 is 0 Å². The SMILES string of the molecule is C=CCCOC(=O)[C@H]1[C@H]2C(=O)N([C@@H](CC)CO)C(C(=O)N(CC=C)C(C)CCC)C23CC[C@]1(C)O3. The normalized spacial score (nSPS) is 32.8. The van der Waals surface area contributed by atoms with E-state index in [9.17, 15) is 19.5 Å². The topological polar surface area (TPSA) is 96.4 Å². The standard InChI is InChI=1S/C27H42N2O6/c1-7-11-16-34-25(33)21-20-23(31)29(19(10-4)17-30)22(27(20)14-13-26(21,6)35-27)24(32)28(15-9-3)18(5)12-8-2/h7,9,18-22,30H,1,3,8,10-17H2,2,4-6H3/t18?,19-,20-,21+,22?,26-,27?/m0/s1. The third-order valence-electron chi connectivity index (χ3n) is 8.19. The van der Waals surface area contributed by atoms with Crippen LogP contribution in [-0.2, 0) is 23.9 Å². The predicted molar refractivity (Wildman–Crippen MR) is 132 cm³/mol. The van der Waals surface area contributed by atoms with Gasteiger partial charge in [-0.3, -0.25) is 14.4 Å². The highest BCUT2D eigenvalue weighted by Gasteiger charge is 2.79. The lowest BCUT2D eigenvalue weighted by atomic mass is 9.66. The molecule has 1 spiro atoms. The molecular formula is C27H42N2O6. The van der Waals surface area contributed by atoms with Crippen LogP contribution in [0.5, 0.6) is 0 Å². The average Bonchev–Trinajstić information content (AvgIpc) is 3.39. The number of hydrogen-bond acceptors (Lipinski definition) is 6. The van der Waals surface area contributed by atoms with E-state index in [0.717, 1.165) is 12.8 Å². The molecule has 2 amide bonds. The fourth-order valence-electron chi connectivity index (χ4n) is 6.50. The zero-order valence-electron chi connectivity index (χ0n) is 21.7. The van der Waals surface area contributed by atoms with Gasteiger partial charge in [0.25, 0.3) is 0 Å². The molecule has 8 heteroatoms. The number of hydrogen-bond donors (Lipinski definition) is 1. The number of ether oxygens (including phenoxy) is 2. The summed E-state index contributed by atoms with van der Waals surface area (Å²) in [6, 6.07) is -1.51. The van der Waals surface area contributed by atoms with Crippen LogP contribution in [0.2, 0.25) is 0 Å². The maximum absolute atomic E-state index is 14.3. The predicted octanol–water partition coefficient (Wildman–Crippen LogP) is 2.84. The largest absolute Gasteiger partial charge is 0.465 e. The highest BCUT2D eigenvalue weighted by atomic mass is 16.6. The molecule has 3 rings (SSSR count). The number of carbonyl (C=O) groups excluding carboxylic acids is 3. The van der Waals surface area contributed by atoms with E-state index in [-0.39, 0.29) is 31.1 Å². The molecule has 2 bridgehead atoms. The van der Waals surface area contributed by atoms with Crippen LogP contribution in [0.1, 0.15) is 66.2 Å². The molecular weight excluding hydrogens is 448 g/mol. The van der Waals surface area contributed by atoms with Gasteiger partial charge in [0, 0.05) is 12.6 Å². The molecule has 35 heavy (non-hydrogen) atoms. The van der Waals surface area contributed by atoms with E-state index in [2.05, 4.69) is 20.1 Å². The summed E-state index contributed by atoms with van der Waals surface area (Å²) < 4.78 is 12.1. The van der Waals surface area contributed by atoms with E-state index in [1.54, 1.807) is 17.1 Å². The minimum absolute atomic E-state index is 0.0547. The highest BCUT2D eigenvalue weighted by Crippen LogP contribution is 2.63. The van der Waals surface area contributed by atoms with Crippen molar-refractivity contribution < 1.29 is 29.0 Å². The van der Waals surface area contributed by atoms with Gasteiger partial charge in [0.15, 0.2) is 0 Å². The summed E-state index contributed by atoms with van der Waals surface area (Å²) in [6.07, 6.45) is 7.12. The van der Waals surface area contributed by atoms with Crippen molar-refractivity contribution in [3.63, 3.8) is 0 Å². The molecule has 7 atom stereocenters. The summed E-state index contributed by atoms with van der Waals surface area (Å²) in [5.41, 5.74) is -2.01. The lowest BCUT2D eigenvalue weighted by molar-refractivity contribution is -0.162. The summed E-state index contributed by atoms with van der Waals surface area (Å²) in [5.74, 6) is -2.61. The smallest absolute Gasteiger partial charge is 0.312 e. The maximum Gasteiger partial charge on any atom is 0.312 e. The summed E-state index contributed by atoms with van der Waals surface area (Å²) in [5, 5.41) is 10.2. The van der Waals surface area contributed by atoms with Crippen LogP contribution in [0.15, 0.2) is 25.3 Å². The van der Waals surface area contributed by atoms with E-state index in [1.165, 1.54) is 4.90 Å². The Kier molecular flexibility index (Phi) is 8.48. The highest BCUT2D eigenvalue weighted by molar-refractivity contribution is 5.98. The number of aliphatic hydroxyl groups excluding tert-OH is 1. The van der Waals surface area contributed by atoms with Gasteiger partial charge in [-0.1, -0.05) is 32.4 Å². The third-order valence-corrected chi connectivity index (χ3v) is 8.19. The van der Waals surface area contributed by atoms with Crippen LogP contribution in [-0.4, -0.2) is 81.8 Å². The Balaban J connectivity index is 2.08. The lowest BCUT2D eigenvalue weighted by Gasteiger charge is -2.41. The number of rotatable bonds is 13. The Morgan fingerprint density at radius 2 is 2.03 bits per heavy atom. The van der Waals surface area contributed by atoms with E-state index in [4.69, 9.17) is 9.47 Å². The summed E-state index contributed by atoms with van der Waals surface area (Å²) in [7, 11) is 0. The number of amides is 2. The molecule has 0 aliphatic carbocycles. The number of fused-ring (bicyclic) bond motifs is 1. The third kappa shape index (κ3) is 4.44. The molecule has 0 saturated carbocycles. The first kappa shape index (κ1) is 27.4. The van der Waals surface area contributed by atoms with Gasteiger partial charge >= 0.3 is 5.97 Å². The van der Waals surface area contributed by atoms with Crippen LogP contribution in [0.25, 0.3) is 0 Å². The number of nitrogens with zero attached hydrogens (tertiary/aromatic N) is 2. The van der Waals surface area contributed by atoms with Crippen LogP contribution in [0, 0.1) is 11.8 Å². The van der Waals surface area contributed by atoms with Crippen molar-refractivity contribution in [3.8, 4) is 0 Å². The first-order valence-electron chi connectivity index (χ1n) is 13.0. The molecule has 3 aliphatic heterocycles. The molecule has 3 heterocycles. The minimum atomic E-state index is -1.13. The average molecular weight is 491 g/mol. The Labute approximate surface area is 209 Å². The summed E-state index contributed by atoms with van der Waals surface area (Å²) in [6.45, 7) is 15.5.